The highest BCUT2D eigenvalue weighted by Gasteiger charge is 2.27. The van der Waals surface area contributed by atoms with Gasteiger partial charge in [0.2, 0.25) is 0 Å². The second-order valence-electron chi connectivity index (χ2n) is 10.9. The zero-order valence-corrected chi connectivity index (χ0v) is 24.2. The van der Waals surface area contributed by atoms with E-state index in [-0.39, 0.29) is 24.3 Å². The number of piperidine rings is 1. The number of amides is 3. The van der Waals surface area contributed by atoms with Crippen LogP contribution in [0.3, 0.4) is 0 Å². The third-order valence-electron chi connectivity index (χ3n) is 7.76. The first-order valence-electron chi connectivity index (χ1n) is 15.2. The van der Waals surface area contributed by atoms with E-state index in [1.165, 1.54) is 11.3 Å². The van der Waals surface area contributed by atoms with Gasteiger partial charge in [-0.25, -0.2) is 14.4 Å². The van der Waals surface area contributed by atoms with Gasteiger partial charge in [0.05, 0.1) is 6.61 Å². The van der Waals surface area contributed by atoms with E-state index in [1.54, 1.807) is 29.2 Å². The fourth-order valence-electron chi connectivity index (χ4n) is 5.39. The second-order valence-corrected chi connectivity index (χ2v) is 10.9. The molecule has 2 aromatic carbocycles. The zero-order valence-electron chi connectivity index (χ0n) is 24.2. The predicted octanol–water partition coefficient (Wildman–Crippen LogP) is 7.18. The highest BCUT2D eigenvalue weighted by atomic mass is 16.6. The number of unbranched alkanes of at least 4 members (excludes halogenated alkanes) is 3. The summed E-state index contributed by atoms with van der Waals surface area (Å²) in [7, 11) is 0. The summed E-state index contributed by atoms with van der Waals surface area (Å²) in [4.78, 5) is 39.4. The average Bonchev–Trinajstić information content (AvgIpc) is 3.00. The third kappa shape index (κ3) is 10.2. The molecule has 4 rings (SSSR count). The minimum absolute atomic E-state index is 0.177. The lowest BCUT2D eigenvalue weighted by Crippen LogP contribution is -2.44. The number of nitrogens with one attached hydrogen (secondary N) is 1. The van der Waals surface area contributed by atoms with Crippen molar-refractivity contribution in [2.45, 2.75) is 82.8 Å². The van der Waals surface area contributed by atoms with Crippen molar-refractivity contribution in [3.8, 4) is 11.5 Å². The number of ether oxygens (including phenoxy) is 3. The summed E-state index contributed by atoms with van der Waals surface area (Å²) < 4.78 is 16.8. The molecule has 42 heavy (non-hydrogen) atoms. The molecule has 10 heteroatoms. The van der Waals surface area contributed by atoms with E-state index in [0.29, 0.717) is 63.4 Å². The Morgan fingerprint density at radius 2 is 1.50 bits per heavy atom. The molecule has 1 aliphatic carbocycles. The lowest BCUT2D eigenvalue weighted by atomic mass is 9.96. The number of nitrogens with zero attached hydrogens (tertiary/aromatic N) is 2. The average molecular weight is 582 g/mol. The number of rotatable bonds is 12. The Morgan fingerprint density at radius 3 is 2.19 bits per heavy atom. The SMILES string of the molecule is O=C(NC1CCCCC1)OC1CCN(C(=O)OCCCCCCN(C(=O)O)c2ccc(Oc3ccccc3)cc2)CC1. The molecule has 1 heterocycles. The number of carboxylic acid groups (broad SMARTS) is 1. The van der Waals surface area contributed by atoms with Gasteiger partial charge in [0, 0.05) is 44.2 Å². The van der Waals surface area contributed by atoms with Gasteiger partial charge in [-0.3, -0.25) is 4.90 Å². The first-order chi connectivity index (χ1) is 20.5. The maximum atomic E-state index is 12.4. The van der Waals surface area contributed by atoms with Crippen molar-refractivity contribution >= 4 is 24.0 Å². The molecule has 10 nitrogen and oxygen atoms in total. The van der Waals surface area contributed by atoms with Crippen molar-refractivity contribution in [2.24, 2.45) is 0 Å². The fourth-order valence-corrected chi connectivity index (χ4v) is 5.39. The maximum Gasteiger partial charge on any atom is 0.411 e. The first kappa shape index (κ1) is 31.0. The van der Waals surface area contributed by atoms with Crippen LogP contribution in [0.25, 0.3) is 0 Å². The molecule has 0 aromatic heterocycles. The molecule has 0 unspecified atom stereocenters. The molecule has 1 saturated carbocycles. The largest absolute Gasteiger partial charge is 0.465 e. The molecule has 0 spiro atoms. The molecule has 1 saturated heterocycles. The lowest BCUT2D eigenvalue weighted by Gasteiger charge is -2.31. The predicted molar refractivity (Wildman–Crippen MR) is 159 cm³/mol. The molecule has 2 fully saturated rings. The summed E-state index contributed by atoms with van der Waals surface area (Å²) in [6, 6.07) is 16.6. The second kappa shape index (κ2) is 16.5. The van der Waals surface area contributed by atoms with Crippen molar-refractivity contribution in [1.82, 2.24) is 10.2 Å². The summed E-state index contributed by atoms with van der Waals surface area (Å²) >= 11 is 0. The van der Waals surface area contributed by atoms with Crippen molar-refractivity contribution in [3.63, 3.8) is 0 Å². The number of hydrogen-bond acceptors (Lipinski definition) is 6. The summed E-state index contributed by atoms with van der Waals surface area (Å²) in [6.07, 6.45) is 7.98. The molecule has 2 aromatic rings. The molecule has 0 bridgehead atoms. The monoisotopic (exact) mass is 581 g/mol. The number of alkyl carbamates (subject to hydrolysis) is 1. The fraction of sp³-hybridized carbons (Fsp3) is 0.531. The number of carbonyl (C=O) groups excluding carboxylic acids is 2. The first-order valence-corrected chi connectivity index (χ1v) is 15.2. The summed E-state index contributed by atoms with van der Waals surface area (Å²) in [5, 5.41) is 12.7. The Morgan fingerprint density at radius 1 is 0.833 bits per heavy atom. The van der Waals surface area contributed by atoms with Crippen LogP contribution in [-0.2, 0) is 9.47 Å². The number of likely N-dealkylation sites (tertiary alicyclic amines) is 1. The van der Waals surface area contributed by atoms with Crippen molar-refractivity contribution in [3.05, 3.63) is 54.6 Å². The van der Waals surface area contributed by atoms with Crippen molar-refractivity contribution in [2.75, 3.05) is 31.1 Å². The van der Waals surface area contributed by atoms with Gasteiger partial charge in [-0.1, -0.05) is 43.9 Å². The minimum Gasteiger partial charge on any atom is -0.465 e. The van der Waals surface area contributed by atoms with E-state index in [4.69, 9.17) is 14.2 Å². The molecular formula is C32H43N3O7. The van der Waals surface area contributed by atoms with Gasteiger partial charge >= 0.3 is 18.3 Å². The van der Waals surface area contributed by atoms with E-state index in [9.17, 15) is 19.5 Å². The zero-order chi connectivity index (χ0) is 29.6. The number of anilines is 1. The normalized spacial score (nSPS) is 16.0. The number of benzene rings is 2. The van der Waals surface area contributed by atoms with Gasteiger partial charge in [-0.15, -0.1) is 0 Å². The van der Waals surface area contributed by atoms with Gasteiger partial charge in [-0.05, 0) is 68.5 Å². The van der Waals surface area contributed by atoms with Crippen LogP contribution >= 0.6 is 0 Å². The highest BCUT2D eigenvalue weighted by molar-refractivity contribution is 5.86. The van der Waals surface area contributed by atoms with E-state index >= 15 is 0 Å². The molecule has 0 radical (unpaired) electrons. The molecule has 228 valence electrons. The Bertz CT molecular complexity index is 1110. The molecule has 3 amide bonds. The van der Waals surface area contributed by atoms with Crippen LogP contribution in [-0.4, -0.2) is 66.7 Å². The van der Waals surface area contributed by atoms with E-state index in [2.05, 4.69) is 5.32 Å². The molecule has 1 aliphatic heterocycles. The van der Waals surface area contributed by atoms with Crippen LogP contribution in [0.15, 0.2) is 54.6 Å². The standard InChI is InChI=1S/C32H43N3O7/c36-30(33-25-11-5-3-6-12-25)42-29-19-22-34(23-20-29)32(39)40-24-10-2-1-9-21-35(31(37)38)26-15-17-28(18-16-26)41-27-13-7-4-8-14-27/h4,7-8,13-18,25,29H,1-3,5-6,9-12,19-24H2,(H,33,36)(H,37,38). The molecular weight excluding hydrogens is 538 g/mol. The number of hydrogen-bond donors (Lipinski definition) is 2. The number of carbonyl (C=O) groups is 3. The van der Waals surface area contributed by atoms with E-state index < -0.39 is 6.09 Å². The highest BCUT2D eigenvalue weighted by Crippen LogP contribution is 2.25. The van der Waals surface area contributed by atoms with Gasteiger partial charge in [0.1, 0.15) is 17.6 Å². The van der Waals surface area contributed by atoms with Crippen molar-refractivity contribution < 1.29 is 33.7 Å². The third-order valence-corrected chi connectivity index (χ3v) is 7.76. The van der Waals surface area contributed by atoms with E-state index in [1.807, 2.05) is 30.3 Å². The minimum atomic E-state index is -1.00. The van der Waals surface area contributed by atoms with Crippen LogP contribution in [0.5, 0.6) is 11.5 Å². The Kier molecular flexibility index (Phi) is 12.2. The van der Waals surface area contributed by atoms with Crippen molar-refractivity contribution in [1.29, 1.82) is 0 Å². The Hall–Kier alpha value is -3.95. The Labute approximate surface area is 247 Å². The summed E-state index contributed by atoms with van der Waals surface area (Å²) in [6.45, 7) is 1.71. The topological polar surface area (TPSA) is 118 Å². The molecule has 2 N–H and O–H groups in total. The smallest absolute Gasteiger partial charge is 0.411 e. The lowest BCUT2D eigenvalue weighted by molar-refractivity contribution is 0.0400. The van der Waals surface area contributed by atoms with Crippen LogP contribution in [0.2, 0.25) is 0 Å². The van der Waals surface area contributed by atoms with Gasteiger partial charge in [0.15, 0.2) is 0 Å². The van der Waals surface area contributed by atoms with Crippen LogP contribution in [0.4, 0.5) is 20.1 Å². The van der Waals surface area contributed by atoms with Gasteiger partial charge < -0.3 is 29.5 Å². The van der Waals surface area contributed by atoms with Crippen LogP contribution < -0.4 is 15.0 Å². The number of para-hydroxylation sites is 1. The summed E-state index contributed by atoms with van der Waals surface area (Å²) in [5.74, 6) is 1.36. The van der Waals surface area contributed by atoms with Gasteiger partial charge in [-0.2, -0.15) is 0 Å². The molecule has 2 aliphatic rings. The van der Waals surface area contributed by atoms with E-state index in [0.717, 1.165) is 44.3 Å². The summed E-state index contributed by atoms with van der Waals surface area (Å²) in [5.41, 5.74) is 0.593. The Balaban J connectivity index is 1.05. The maximum absolute atomic E-state index is 12.4. The van der Waals surface area contributed by atoms with Gasteiger partial charge in [0.25, 0.3) is 0 Å². The van der Waals surface area contributed by atoms with Crippen LogP contribution in [0, 0.1) is 0 Å². The molecule has 0 atom stereocenters. The van der Waals surface area contributed by atoms with Crippen LogP contribution in [0.1, 0.15) is 70.6 Å². The quantitative estimate of drug-likeness (QED) is 0.255.